The van der Waals surface area contributed by atoms with Gasteiger partial charge in [0.25, 0.3) is 5.91 Å². The number of carbonyl (C=O) groups is 1. The Morgan fingerprint density at radius 1 is 1.38 bits per heavy atom. The van der Waals surface area contributed by atoms with Gasteiger partial charge in [0.1, 0.15) is 0 Å². The van der Waals surface area contributed by atoms with Crippen molar-refractivity contribution in [2.45, 2.75) is 25.9 Å². The zero-order chi connectivity index (χ0) is 14.4. The third kappa shape index (κ3) is 5.53. The normalized spacial score (nSPS) is 11.5. The van der Waals surface area contributed by atoms with Crippen LogP contribution in [0.4, 0.5) is 0 Å². The van der Waals surface area contributed by atoms with Crippen molar-refractivity contribution in [3.8, 4) is 0 Å². The van der Waals surface area contributed by atoms with Gasteiger partial charge in [-0.2, -0.15) is 0 Å². The van der Waals surface area contributed by atoms with E-state index in [2.05, 4.69) is 15.6 Å². The summed E-state index contributed by atoms with van der Waals surface area (Å²) in [5.41, 5.74) is 7.06. The Labute approximate surface area is 130 Å². The standard InChI is InChI=1S/C14H19N5O.ClH/c1-11(15)7-8-16-14(20)13-10-19(18-17-13)9-12-5-3-2-4-6-12;/h2-6,10-11H,7-9,15H2,1H3,(H,16,20);1H. The minimum Gasteiger partial charge on any atom is -0.351 e. The molecule has 0 spiro atoms. The van der Waals surface area contributed by atoms with Crippen LogP contribution in [0.3, 0.4) is 0 Å². The predicted octanol–water partition coefficient (Wildman–Crippen LogP) is 1.22. The SMILES string of the molecule is CC(N)CCNC(=O)c1cn(Cc2ccccc2)nn1.Cl. The highest BCUT2D eigenvalue weighted by molar-refractivity contribution is 5.91. The van der Waals surface area contributed by atoms with Gasteiger partial charge in [-0.1, -0.05) is 35.5 Å². The predicted molar refractivity (Wildman–Crippen MR) is 83.4 cm³/mol. The Bertz CT molecular complexity index is 556. The molecule has 0 aliphatic heterocycles. The van der Waals surface area contributed by atoms with Crippen molar-refractivity contribution >= 4 is 18.3 Å². The highest BCUT2D eigenvalue weighted by Crippen LogP contribution is 2.02. The summed E-state index contributed by atoms with van der Waals surface area (Å²) in [5.74, 6) is -0.218. The molecule has 0 saturated carbocycles. The summed E-state index contributed by atoms with van der Waals surface area (Å²) in [5, 5.41) is 10.6. The van der Waals surface area contributed by atoms with Crippen LogP contribution in [0.15, 0.2) is 36.5 Å². The van der Waals surface area contributed by atoms with Crippen LogP contribution in [0.25, 0.3) is 0 Å². The first-order valence-corrected chi connectivity index (χ1v) is 6.63. The van der Waals surface area contributed by atoms with Gasteiger partial charge >= 0.3 is 0 Å². The van der Waals surface area contributed by atoms with Crippen LogP contribution in [0.5, 0.6) is 0 Å². The molecule has 2 aromatic rings. The van der Waals surface area contributed by atoms with Crippen molar-refractivity contribution in [3.05, 3.63) is 47.8 Å². The van der Waals surface area contributed by atoms with Crippen LogP contribution >= 0.6 is 12.4 Å². The molecule has 1 amide bonds. The molecular formula is C14H20ClN5O. The fourth-order valence-electron chi connectivity index (χ4n) is 1.75. The number of nitrogens with two attached hydrogens (primary N) is 1. The Morgan fingerprint density at radius 3 is 2.76 bits per heavy atom. The summed E-state index contributed by atoms with van der Waals surface area (Å²) in [6.45, 7) is 3.05. The van der Waals surface area contributed by atoms with Crippen molar-refractivity contribution in [2.24, 2.45) is 5.73 Å². The van der Waals surface area contributed by atoms with Gasteiger partial charge in [-0.3, -0.25) is 4.79 Å². The van der Waals surface area contributed by atoms with Crippen LogP contribution in [0.1, 0.15) is 29.4 Å². The highest BCUT2D eigenvalue weighted by Gasteiger charge is 2.10. The number of nitrogens with one attached hydrogen (secondary N) is 1. The number of halogens is 1. The molecule has 3 N–H and O–H groups in total. The fourth-order valence-corrected chi connectivity index (χ4v) is 1.75. The summed E-state index contributed by atoms with van der Waals surface area (Å²) in [7, 11) is 0. The molecule has 21 heavy (non-hydrogen) atoms. The van der Waals surface area contributed by atoms with Crippen molar-refractivity contribution in [3.63, 3.8) is 0 Å². The third-order valence-electron chi connectivity index (χ3n) is 2.84. The van der Waals surface area contributed by atoms with E-state index in [1.807, 2.05) is 37.3 Å². The number of rotatable bonds is 6. The zero-order valence-electron chi connectivity index (χ0n) is 11.9. The summed E-state index contributed by atoms with van der Waals surface area (Å²) in [4.78, 5) is 11.8. The van der Waals surface area contributed by atoms with E-state index in [-0.39, 0.29) is 24.4 Å². The van der Waals surface area contributed by atoms with Crippen molar-refractivity contribution in [1.29, 1.82) is 0 Å². The smallest absolute Gasteiger partial charge is 0.273 e. The van der Waals surface area contributed by atoms with Crippen LogP contribution in [0, 0.1) is 0 Å². The van der Waals surface area contributed by atoms with Crippen LogP contribution < -0.4 is 11.1 Å². The first kappa shape index (κ1) is 17.1. The highest BCUT2D eigenvalue weighted by atomic mass is 35.5. The number of benzene rings is 1. The fraction of sp³-hybridized carbons (Fsp3) is 0.357. The molecule has 1 aromatic heterocycles. The lowest BCUT2D eigenvalue weighted by Gasteiger charge is -2.05. The average molecular weight is 310 g/mol. The Hall–Kier alpha value is -1.92. The second-order valence-electron chi connectivity index (χ2n) is 4.81. The second-order valence-corrected chi connectivity index (χ2v) is 4.81. The number of hydrogen-bond acceptors (Lipinski definition) is 4. The van der Waals surface area contributed by atoms with Gasteiger partial charge in [0, 0.05) is 12.6 Å². The summed E-state index contributed by atoms with van der Waals surface area (Å²) < 4.78 is 1.65. The van der Waals surface area contributed by atoms with Crippen LogP contribution in [-0.2, 0) is 6.54 Å². The van der Waals surface area contributed by atoms with Gasteiger partial charge in [0.05, 0.1) is 12.7 Å². The van der Waals surface area contributed by atoms with Crippen LogP contribution in [0.2, 0.25) is 0 Å². The first-order valence-electron chi connectivity index (χ1n) is 6.63. The molecule has 0 saturated heterocycles. The van der Waals surface area contributed by atoms with Gasteiger partial charge in [-0.25, -0.2) is 4.68 Å². The average Bonchev–Trinajstić information content (AvgIpc) is 2.88. The van der Waals surface area contributed by atoms with Crippen LogP contribution in [-0.4, -0.2) is 33.5 Å². The van der Waals surface area contributed by atoms with Gasteiger partial charge < -0.3 is 11.1 Å². The topological polar surface area (TPSA) is 85.8 Å². The van der Waals surface area contributed by atoms with E-state index in [9.17, 15) is 4.79 Å². The van der Waals surface area contributed by atoms with Crippen molar-refractivity contribution in [2.75, 3.05) is 6.54 Å². The molecule has 114 valence electrons. The Balaban J connectivity index is 0.00000220. The van der Waals surface area contributed by atoms with Crippen molar-refractivity contribution < 1.29 is 4.79 Å². The molecule has 0 radical (unpaired) electrons. The quantitative estimate of drug-likeness (QED) is 0.840. The lowest BCUT2D eigenvalue weighted by molar-refractivity contribution is 0.0947. The van der Waals surface area contributed by atoms with E-state index in [1.54, 1.807) is 10.9 Å². The Morgan fingerprint density at radius 2 is 2.10 bits per heavy atom. The Kier molecular flexibility index (Phi) is 6.84. The number of hydrogen-bond donors (Lipinski definition) is 2. The zero-order valence-corrected chi connectivity index (χ0v) is 12.7. The lowest BCUT2D eigenvalue weighted by Crippen LogP contribution is -2.29. The molecule has 0 fully saturated rings. The van der Waals surface area contributed by atoms with E-state index in [0.717, 1.165) is 12.0 Å². The molecule has 1 heterocycles. The molecule has 0 bridgehead atoms. The summed E-state index contributed by atoms with van der Waals surface area (Å²) in [6, 6.07) is 9.97. The largest absolute Gasteiger partial charge is 0.351 e. The number of nitrogens with zero attached hydrogens (tertiary/aromatic N) is 3. The number of amides is 1. The second kappa shape index (κ2) is 8.39. The minimum absolute atomic E-state index is 0. The maximum absolute atomic E-state index is 11.8. The van der Waals surface area contributed by atoms with E-state index >= 15 is 0 Å². The van der Waals surface area contributed by atoms with Crippen molar-refractivity contribution in [1.82, 2.24) is 20.3 Å². The van der Waals surface area contributed by atoms with E-state index in [0.29, 0.717) is 18.8 Å². The number of aromatic nitrogens is 3. The monoisotopic (exact) mass is 309 g/mol. The lowest BCUT2D eigenvalue weighted by atomic mass is 10.2. The van der Waals surface area contributed by atoms with Gasteiger partial charge in [-0.15, -0.1) is 17.5 Å². The molecule has 0 aliphatic rings. The summed E-state index contributed by atoms with van der Waals surface area (Å²) in [6.07, 6.45) is 2.39. The maximum atomic E-state index is 11.8. The maximum Gasteiger partial charge on any atom is 0.273 e. The minimum atomic E-state index is -0.218. The van der Waals surface area contributed by atoms with Gasteiger partial charge in [0.2, 0.25) is 0 Å². The molecular weight excluding hydrogens is 290 g/mol. The van der Waals surface area contributed by atoms with E-state index in [4.69, 9.17) is 5.73 Å². The van der Waals surface area contributed by atoms with Gasteiger partial charge in [0.15, 0.2) is 5.69 Å². The molecule has 2 rings (SSSR count). The van der Waals surface area contributed by atoms with E-state index in [1.165, 1.54) is 0 Å². The summed E-state index contributed by atoms with van der Waals surface area (Å²) >= 11 is 0. The molecule has 7 heteroatoms. The molecule has 6 nitrogen and oxygen atoms in total. The molecule has 0 aliphatic carbocycles. The van der Waals surface area contributed by atoms with E-state index < -0.39 is 0 Å². The molecule has 1 unspecified atom stereocenters. The number of carbonyl (C=O) groups excluding carboxylic acids is 1. The third-order valence-corrected chi connectivity index (χ3v) is 2.84. The first-order chi connectivity index (χ1) is 9.65. The van der Waals surface area contributed by atoms with Gasteiger partial charge in [-0.05, 0) is 18.9 Å². The molecule has 1 aromatic carbocycles. The molecule has 1 atom stereocenters.